The Morgan fingerprint density at radius 2 is 2.25 bits per heavy atom. The zero-order valence-corrected chi connectivity index (χ0v) is 5.29. The fourth-order valence-electron chi connectivity index (χ4n) is 0.462. The van der Waals surface area contributed by atoms with Gasteiger partial charge in [0.05, 0.1) is 6.10 Å². The molecule has 0 radical (unpaired) electrons. The Hall–Kier alpha value is -0.370. The van der Waals surface area contributed by atoms with Crippen molar-refractivity contribution in [3.8, 4) is 0 Å². The second kappa shape index (κ2) is 3.61. The van der Waals surface area contributed by atoms with Crippen LogP contribution in [-0.4, -0.2) is 17.5 Å². The Bertz CT molecular complexity index is 70.9. The predicted molar refractivity (Wildman–Crippen MR) is 31.5 cm³/mol. The number of aliphatic hydroxyl groups is 1. The number of rotatable bonds is 3. The lowest BCUT2D eigenvalue weighted by Gasteiger charge is -2.08. The lowest BCUT2D eigenvalue weighted by molar-refractivity contribution is -0.113. The van der Waals surface area contributed by atoms with Gasteiger partial charge in [-0.05, 0) is 6.42 Å². The quantitative estimate of drug-likeness (QED) is 0.548. The molecule has 0 aliphatic rings. The zero-order valence-electron chi connectivity index (χ0n) is 5.29. The van der Waals surface area contributed by atoms with E-state index >= 15 is 0 Å². The molecule has 1 N–H and O–H groups in total. The molecule has 2 nitrogen and oxygen atoms in total. The minimum Gasteiger partial charge on any atom is -0.392 e. The van der Waals surface area contributed by atoms with Crippen molar-refractivity contribution < 1.29 is 9.90 Å². The highest BCUT2D eigenvalue weighted by Gasteiger charge is 2.08. The average Bonchev–Trinajstić information content (AvgIpc) is 1.84. The van der Waals surface area contributed by atoms with Gasteiger partial charge in [-0.3, -0.25) is 0 Å². The van der Waals surface area contributed by atoms with Gasteiger partial charge in [-0.15, -0.1) is 0 Å². The third-order valence-electron chi connectivity index (χ3n) is 1.24. The standard InChI is InChI=1S/C6H12O2/c1-3-6(8)5(2)4-7/h4-6,8H,3H2,1-2H3/t5-,6?/m1/s1. The monoisotopic (exact) mass is 116 g/mol. The fraction of sp³-hybridized carbons (Fsp3) is 0.833. The lowest BCUT2D eigenvalue weighted by Crippen LogP contribution is -2.16. The minimum atomic E-state index is -0.451. The van der Waals surface area contributed by atoms with E-state index in [4.69, 9.17) is 5.11 Å². The van der Waals surface area contributed by atoms with E-state index in [1.807, 2.05) is 6.92 Å². The predicted octanol–water partition coefficient (Wildman–Crippen LogP) is 0.592. The smallest absolute Gasteiger partial charge is 0.125 e. The van der Waals surface area contributed by atoms with Crippen molar-refractivity contribution in [1.82, 2.24) is 0 Å². The Balaban J connectivity index is 3.44. The van der Waals surface area contributed by atoms with Crippen LogP contribution < -0.4 is 0 Å². The van der Waals surface area contributed by atoms with Gasteiger partial charge in [0.1, 0.15) is 6.29 Å². The van der Waals surface area contributed by atoms with Crippen molar-refractivity contribution in [2.75, 3.05) is 0 Å². The van der Waals surface area contributed by atoms with Gasteiger partial charge in [-0.2, -0.15) is 0 Å². The van der Waals surface area contributed by atoms with Gasteiger partial charge in [0.15, 0.2) is 0 Å². The molecule has 0 spiro atoms. The molecule has 2 atom stereocenters. The Morgan fingerprint density at radius 3 is 2.38 bits per heavy atom. The highest BCUT2D eigenvalue weighted by molar-refractivity contribution is 5.53. The van der Waals surface area contributed by atoms with E-state index in [1.165, 1.54) is 0 Å². The van der Waals surface area contributed by atoms with E-state index in [0.717, 1.165) is 6.29 Å². The molecule has 0 amide bonds. The molecule has 48 valence electrons. The summed E-state index contributed by atoms with van der Waals surface area (Å²) in [7, 11) is 0. The maximum absolute atomic E-state index is 9.95. The van der Waals surface area contributed by atoms with Crippen molar-refractivity contribution in [1.29, 1.82) is 0 Å². The first-order valence-electron chi connectivity index (χ1n) is 2.85. The van der Waals surface area contributed by atoms with Gasteiger partial charge in [0.2, 0.25) is 0 Å². The van der Waals surface area contributed by atoms with Crippen molar-refractivity contribution in [2.45, 2.75) is 26.4 Å². The van der Waals surface area contributed by atoms with Crippen LogP contribution in [0.25, 0.3) is 0 Å². The first-order chi connectivity index (χ1) is 3.72. The van der Waals surface area contributed by atoms with Gasteiger partial charge in [0.25, 0.3) is 0 Å². The Labute approximate surface area is 49.5 Å². The first kappa shape index (κ1) is 7.63. The van der Waals surface area contributed by atoms with Gasteiger partial charge >= 0.3 is 0 Å². The highest BCUT2D eigenvalue weighted by Crippen LogP contribution is 2.01. The molecule has 0 aromatic rings. The Morgan fingerprint density at radius 1 is 1.75 bits per heavy atom. The summed E-state index contributed by atoms with van der Waals surface area (Å²) >= 11 is 0. The van der Waals surface area contributed by atoms with Crippen LogP contribution in [0.4, 0.5) is 0 Å². The maximum Gasteiger partial charge on any atom is 0.125 e. The van der Waals surface area contributed by atoms with E-state index in [9.17, 15) is 4.79 Å². The number of hydrogen-bond donors (Lipinski definition) is 1. The molecule has 0 saturated heterocycles. The van der Waals surface area contributed by atoms with Crippen molar-refractivity contribution in [2.24, 2.45) is 5.92 Å². The fourth-order valence-corrected chi connectivity index (χ4v) is 0.462. The number of carbonyl (C=O) groups excluding carboxylic acids is 1. The summed E-state index contributed by atoms with van der Waals surface area (Å²) in [6.07, 6.45) is 0.973. The molecular weight excluding hydrogens is 104 g/mol. The molecule has 0 aromatic carbocycles. The molecule has 0 fully saturated rings. The van der Waals surface area contributed by atoms with E-state index < -0.39 is 6.10 Å². The van der Waals surface area contributed by atoms with Gasteiger partial charge < -0.3 is 9.90 Å². The number of aliphatic hydroxyl groups excluding tert-OH is 1. The molecule has 2 heteroatoms. The molecule has 0 heterocycles. The van der Waals surface area contributed by atoms with Crippen LogP contribution in [0.15, 0.2) is 0 Å². The maximum atomic E-state index is 9.95. The summed E-state index contributed by atoms with van der Waals surface area (Å²) in [6, 6.07) is 0. The minimum absolute atomic E-state index is 0.208. The van der Waals surface area contributed by atoms with Crippen LogP contribution in [0.2, 0.25) is 0 Å². The van der Waals surface area contributed by atoms with Crippen LogP contribution in [0.1, 0.15) is 20.3 Å². The average molecular weight is 116 g/mol. The lowest BCUT2D eigenvalue weighted by atomic mass is 10.1. The first-order valence-corrected chi connectivity index (χ1v) is 2.85. The molecule has 0 aromatic heterocycles. The highest BCUT2D eigenvalue weighted by atomic mass is 16.3. The van der Waals surface area contributed by atoms with E-state index in [2.05, 4.69) is 0 Å². The number of carbonyl (C=O) groups is 1. The Kier molecular flexibility index (Phi) is 3.44. The largest absolute Gasteiger partial charge is 0.392 e. The molecule has 0 bridgehead atoms. The topological polar surface area (TPSA) is 37.3 Å². The van der Waals surface area contributed by atoms with E-state index in [1.54, 1.807) is 6.92 Å². The third-order valence-corrected chi connectivity index (χ3v) is 1.24. The van der Waals surface area contributed by atoms with Crippen molar-refractivity contribution >= 4 is 6.29 Å². The second-order valence-electron chi connectivity index (χ2n) is 1.97. The normalized spacial score (nSPS) is 17.4. The summed E-state index contributed by atoms with van der Waals surface area (Å²) in [5.74, 6) is -0.208. The summed E-state index contributed by atoms with van der Waals surface area (Å²) in [6.45, 7) is 3.56. The molecule has 1 unspecified atom stereocenters. The van der Waals surface area contributed by atoms with Gasteiger partial charge in [-0.1, -0.05) is 13.8 Å². The zero-order chi connectivity index (χ0) is 6.57. The van der Waals surface area contributed by atoms with Crippen LogP contribution in [0.3, 0.4) is 0 Å². The van der Waals surface area contributed by atoms with Crippen LogP contribution in [-0.2, 0) is 4.79 Å². The molecule has 0 rings (SSSR count). The third kappa shape index (κ3) is 2.07. The number of aldehydes is 1. The molecule has 0 aliphatic carbocycles. The summed E-state index contributed by atoms with van der Waals surface area (Å²) in [4.78, 5) is 9.95. The van der Waals surface area contributed by atoms with Gasteiger partial charge in [0, 0.05) is 5.92 Å². The van der Waals surface area contributed by atoms with Crippen LogP contribution >= 0.6 is 0 Å². The van der Waals surface area contributed by atoms with Crippen LogP contribution in [0.5, 0.6) is 0 Å². The molecule has 8 heavy (non-hydrogen) atoms. The molecule has 0 aliphatic heterocycles. The van der Waals surface area contributed by atoms with Gasteiger partial charge in [-0.25, -0.2) is 0 Å². The summed E-state index contributed by atoms with van der Waals surface area (Å²) < 4.78 is 0. The molecular formula is C6H12O2. The summed E-state index contributed by atoms with van der Waals surface area (Å²) in [5, 5.41) is 8.90. The SMILES string of the molecule is CCC(O)[C@H](C)C=O. The number of hydrogen-bond acceptors (Lipinski definition) is 2. The second-order valence-corrected chi connectivity index (χ2v) is 1.97. The van der Waals surface area contributed by atoms with Crippen molar-refractivity contribution in [3.63, 3.8) is 0 Å². The van der Waals surface area contributed by atoms with Crippen molar-refractivity contribution in [3.05, 3.63) is 0 Å². The summed E-state index contributed by atoms with van der Waals surface area (Å²) in [5.41, 5.74) is 0. The van der Waals surface area contributed by atoms with E-state index in [-0.39, 0.29) is 5.92 Å². The van der Waals surface area contributed by atoms with Crippen LogP contribution in [0, 0.1) is 5.92 Å². The molecule has 0 saturated carbocycles. The van der Waals surface area contributed by atoms with E-state index in [0.29, 0.717) is 6.42 Å².